The number of thioether (sulfide) groups is 1. The predicted octanol–water partition coefficient (Wildman–Crippen LogP) is 3.66. The normalized spacial score (nSPS) is 14.8. The van der Waals surface area contributed by atoms with Gasteiger partial charge in [0, 0.05) is 22.9 Å². The van der Waals surface area contributed by atoms with Gasteiger partial charge in [-0.3, -0.25) is 4.79 Å². The molecule has 2 heterocycles. The third-order valence-corrected chi connectivity index (χ3v) is 6.07. The Kier molecular flexibility index (Phi) is 5.30. The molecule has 7 heteroatoms. The van der Waals surface area contributed by atoms with Crippen LogP contribution in [-0.4, -0.2) is 32.0 Å². The molecular formula is C17H24N4OS2. The Morgan fingerprint density at radius 3 is 2.88 bits per heavy atom. The molecule has 0 radical (unpaired) electrons. The first-order valence-corrected chi connectivity index (χ1v) is 10.2. The highest BCUT2D eigenvalue weighted by atomic mass is 32.2. The summed E-state index contributed by atoms with van der Waals surface area (Å²) >= 11 is 3.23. The van der Waals surface area contributed by atoms with Crippen LogP contribution in [0.1, 0.15) is 56.8 Å². The highest BCUT2D eigenvalue weighted by molar-refractivity contribution is 7.99. The predicted molar refractivity (Wildman–Crippen MR) is 98.7 cm³/mol. The average molecular weight is 365 g/mol. The number of nitrogens with zero attached hydrogens (tertiary/aromatic N) is 3. The van der Waals surface area contributed by atoms with Crippen LogP contribution < -0.4 is 5.32 Å². The van der Waals surface area contributed by atoms with E-state index in [-0.39, 0.29) is 11.4 Å². The van der Waals surface area contributed by atoms with E-state index in [4.69, 9.17) is 0 Å². The third kappa shape index (κ3) is 4.39. The van der Waals surface area contributed by atoms with Crippen LogP contribution in [0.4, 0.5) is 0 Å². The second kappa shape index (κ2) is 7.27. The second-order valence-corrected chi connectivity index (χ2v) is 8.81. The van der Waals surface area contributed by atoms with Gasteiger partial charge >= 0.3 is 0 Å². The van der Waals surface area contributed by atoms with Gasteiger partial charge in [-0.15, -0.1) is 21.5 Å². The molecule has 1 aliphatic carbocycles. The molecule has 1 N–H and O–H groups in total. The van der Waals surface area contributed by atoms with E-state index in [0.29, 0.717) is 11.8 Å². The minimum atomic E-state index is -0.161. The molecule has 0 aromatic carbocycles. The number of hydrogen-bond donors (Lipinski definition) is 1. The number of rotatable bonds is 8. The van der Waals surface area contributed by atoms with E-state index in [1.807, 2.05) is 13.8 Å². The largest absolute Gasteiger partial charge is 0.351 e. The third-order valence-electron chi connectivity index (χ3n) is 4.25. The first-order chi connectivity index (χ1) is 11.5. The summed E-state index contributed by atoms with van der Waals surface area (Å²) in [5.41, 5.74) is -0.161. The van der Waals surface area contributed by atoms with Gasteiger partial charge in [0.05, 0.1) is 5.75 Å². The molecule has 2 aromatic heterocycles. The van der Waals surface area contributed by atoms with Gasteiger partial charge in [0.15, 0.2) is 5.16 Å². The number of amides is 1. The molecule has 0 bridgehead atoms. The quantitative estimate of drug-likeness (QED) is 0.726. The van der Waals surface area contributed by atoms with Crippen LogP contribution in [-0.2, 0) is 11.2 Å². The van der Waals surface area contributed by atoms with Gasteiger partial charge in [-0.25, -0.2) is 0 Å². The summed E-state index contributed by atoms with van der Waals surface area (Å²) in [6.07, 6.45) is 4.08. The number of carbonyl (C=O) groups excluding carboxylic acids is 1. The van der Waals surface area contributed by atoms with E-state index in [2.05, 4.69) is 44.5 Å². The zero-order valence-electron chi connectivity index (χ0n) is 14.4. The molecule has 130 valence electrons. The standard InChI is InChI=1S/C17H24N4OS2/c1-4-17(2,3)18-15(22)11-24-16-20-19-14(21(16)12-7-8-12)10-13-6-5-9-23-13/h5-6,9,12H,4,7-8,10-11H2,1-3H3,(H,18,22). The van der Waals surface area contributed by atoms with Crippen molar-refractivity contribution in [3.05, 3.63) is 28.2 Å². The molecule has 1 aliphatic rings. The van der Waals surface area contributed by atoms with Crippen molar-refractivity contribution in [1.29, 1.82) is 0 Å². The Morgan fingerprint density at radius 1 is 1.46 bits per heavy atom. The van der Waals surface area contributed by atoms with Gasteiger partial charge in [0.1, 0.15) is 5.82 Å². The molecule has 1 fully saturated rings. The number of hydrogen-bond acceptors (Lipinski definition) is 5. The highest BCUT2D eigenvalue weighted by Crippen LogP contribution is 2.39. The van der Waals surface area contributed by atoms with Crippen LogP contribution in [0, 0.1) is 0 Å². The Morgan fingerprint density at radius 2 is 2.25 bits per heavy atom. The molecule has 0 atom stereocenters. The summed E-state index contributed by atoms with van der Waals surface area (Å²) < 4.78 is 2.24. The number of thiophene rings is 1. The lowest BCUT2D eigenvalue weighted by Gasteiger charge is -2.24. The Labute approximate surface area is 151 Å². The zero-order valence-corrected chi connectivity index (χ0v) is 16.0. The van der Waals surface area contributed by atoms with Gasteiger partial charge in [0.2, 0.25) is 5.91 Å². The summed E-state index contributed by atoms with van der Waals surface area (Å²) in [5, 5.41) is 14.8. The molecule has 0 spiro atoms. The van der Waals surface area contributed by atoms with Crippen molar-refractivity contribution < 1.29 is 4.79 Å². The van der Waals surface area contributed by atoms with Crippen LogP contribution in [0.15, 0.2) is 22.7 Å². The van der Waals surface area contributed by atoms with Crippen molar-refractivity contribution >= 4 is 29.0 Å². The molecule has 0 aliphatic heterocycles. The molecule has 0 saturated heterocycles. The van der Waals surface area contributed by atoms with E-state index >= 15 is 0 Å². The Hall–Kier alpha value is -1.34. The Balaban J connectivity index is 1.65. The van der Waals surface area contributed by atoms with Crippen LogP contribution >= 0.6 is 23.1 Å². The summed E-state index contributed by atoms with van der Waals surface area (Å²) in [5.74, 6) is 1.45. The molecule has 0 unspecified atom stereocenters. The maximum absolute atomic E-state index is 12.2. The van der Waals surface area contributed by atoms with Crippen LogP contribution in [0.2, 0.25) is 0 Å². The van der Waals surface area contributed by atoms with Gasteiger partial charge in [0.25, 0.3) is 0 Å². The zero-order chi connectivity index (χ0) is 17.2. The molecule has 1 saturated carbocycles. The van der Waals surface area contributed by atoms with E-state index < -0.39 is 0 Å². The van der Waals surface area contributed by atoms with Gasteiger partial charge < -0.3 is 9.88 Å². The summed E-state index contributed by atoms with van der Waals surface area (Å²) in [4.78, 5) is 13.5. The van der Waals surface area contributed by atoms with Crippen molar-refractivity contribution in [2.24, 2.45) is 0 Å². The van der Waals surface area contributed by atoms with E-state index in [0.717, 1.165) is 23.8 Å². The van der Waals surface area contributed by atoms with Crippen molar-refractivity contribution in [2.45, 2.75) is 63.2 Å². The maximum Gasteiger partial charge on any atom is 0.230 e. The molecule has 2 aromatic rings. The first kappa shape index (κ1) is 17.5. The SMILES string of the molecule is CCC(C)(C)NC(=O)CSc1nnc(Cc2cccs2)n1C1CC1. The van der Waals surface area contributed by atoms with E-state index in [9.17, 15) is 4.79 Å². The summed E-state index contributed by atoms with van der Waals surface area (Å²) in [7, 11) is 0. The monoisotopic (exact) mass is 364 g/mol. The number of nitrogens with one attached hydrogen (secondary N) is 1. The fourth-order valence-electron chi connectivity index (χ4n) is 2.43. The van der Waals surface area contributed by atoms with Crippen LogP contribution in [0.3, 0.4) is 0 Å². The molecule has 3 rings (SSSR count). The fourth-order valence-corrected chi connectivity index (χ4v) is 3.95. The molecule has 24 heavy (non-hydrogen) atoms. The average Bonchev–Trinajstić information content (AvgIpc) is 3.09. The summed E-state index contributed by atoms with van der Waals surface area (Å²) in [6, 6.07) is 4.70. The number of carbonyl (C=O) groups is 1. The minimum Gasteiger partial charge on any atom is -0.351 e. The fraction of sp³-hybridized carbons (Fsp3) is 0.588. The van der Waals surface area contributed by atoms with E-state index in [1.54, 1.807) is 11.3 Å². The minimum absolute atomic E-state index is 0.0528. The molecule has 1 amide bonds. The van der Waals surface area contributed by atoms with Gasteiger partial charge in [-0.05, 0) is 44.6 Å². The molecule has 5 nitrogen and oxygen atoms in total. The van der Waals surface area contributed by atoms with Crippen LogP contribution in [0.25, 0.3) is 0 Å². The second-order valence-electron chi connectivity index (χ2n) is 6.83. The van der Waals surface area contributed by atoms with Gasteiger partial charge in [-0.1, -0.05) is 24.8 Å². The van der Waals surface area contributed by atoms with Crippen molar-refractivity contribution in [3.8, 4) is 0 Å². The lowest BCUT2D eigenvalue weighted by molar-refractivity contribution is -0.120. The maximum atomic E-state index is 12.2. The number of aromatic nitrogens is 3. The van der Waals surface area contributed by atoms with Crippen molar-refractivity contribution in [3.63, 3.8) is 0 Å². The van der Waals surface area contributed by atoms with E-state index in [1.165, 1.54) is 29.5 Å². The van der Waals surface area contributed by atoms with Crippen LogP contribution in [0.5, 0.6) is 0 Å². The first-order valence-electron chi connectivity index (χ1n) is 8.38. The van der Waals surface area contributed by atoms with Gasteiger partial charge in [-0.2, -0.15) is 0 Å². The Bertz CT molecular complexity index is 690. The van der Waals surface area contributed by atoms with Crippen molar-refractivity contribution in [1.82, 2.24) is 20.1 Å². The smallest absolute Gasteiger partial charge is 0.230 e. The van der Waals surface area contributed by atoms with Crippen molar-refractivity contribution in [2.75, 3.05) is 5.75 Å². The summed E-state index contributed by atoms with van der Waals surface area (Å²) in [6.45, 7) is 6.16. The lowest BCUT2D eigenvalue weighted by atomic mass is 10.0. The lowest BCUT2D eigenvalue weighted by Crippen LogP contribution is -2.43. The molecular weight excluding hydrogens is 340 g/mol. The topological polar surface area (TPSA) is 59.8 Å². The highest BCUT2D eigenvalue weighted by Gasteiger charge is 2.30.